The van der Waals surface area contributed by atoms with Gasteiger partial charge in [0.1, 0.15) is 11.4 Å². The number of rotatable bonds is 5. The number of dihydropyridines is 1. The molecule has 0 bridgehead atoms. The lowest BCUT2D eigenvalue weighted by atomic mass is 9.71. The molecule has 0 saturated heterocycles. The number of ether oxygens (including phenoxy) is 2. The number of aromatic nitrogens is 1. The fraction of sp³-hybridized carbons (Fsp3) is 0.394. The molecule has 202 valence electrons. The summed E-state index contributed by atoms with van der Waals surface area (Å²) in [5.74, 6) is 0.0192. The maximum absolute atomic E-state index is 14.1. The number of fused-ring (bicyclic) bond motifs is 1. The molecule has 2 heterocycles. The van der Waals surface area contributed by atoms with Crippen LogP contribution in [0.5, 0.6) is 5.75 Å². The van der Waals surface area contributed by atoms with Gasteiger partial charge < -0.3 is 19.8 Å². The summed E-state index contributed by atoms with van der Waals surface area (Å²) in [5.41, 5.74) is 5.34. The van der Waals surface area contributed by atoms with Gasteiger partial charge in [0.25, 0.3) is 0 Å². The molecule has 1 saturated carbocycles. The van der Waals surface area contributed by atoms with E-state index in [0.29, 0.717) is 24.0 Å². The van der Waals surface area contributed by atoms with E-state index in [9.17, 15) is 9.59 Å². The molecule has 3 aliphatic rings. The van der Waals surface area contributed by atoms with Crippen LogP contribution in [0.4, 0.5) is 0 Å². The molecule has 1 unspecified atom stereocenters. The quantitative estimate of drug-likeness (QED) is 0.359. The predicted molar refractivity (Wildman–Crippen MR) is 151 cm³/mol. The van der Waals surface area contributed by atoms with E-state index in [4.69, 9.17) is 9.47 Å². The number of hydrogen-bond acceptors (Lipinski definition) is 5. The Morgan fingerprint density at radius 2 is 1.74 bits per heavy atom. The highest BCUT2D eigenvalue weighted by atomic mass is 16.6. The van der Waals surface area contributed by atoms with E-state index in [1.54, 1.807) is 7.11 Å². The number of methoxy groups -OCH3 is 1. The Bertz CT molecular complexity index is 1500. The second-order valence-electron chi connectivity index (χ2n) is 11.4. The monoisotopic (exact) mass is 524 g/mol. The van der Waals surface area contributed by atoms with Crippen LogP contribution in [-0.2, 0) is 14.3 Å². The normalized spacial score (nSPS) is 22.9. The molecule has 6 heteroatoms. The predicted octanol–water partition coefficient (Wildman–Crippen LogP) is 6.80. The lowest BCUT2D eigenvalue weighted by Crippen LogP contribution is -2.39. The van der Waals surface area contributed by atoms with Crippen LogP contribution in [0.2, 0.25) is 0 Å². The van der Waals surface area contributed by atoms with Gasteiger partial charge in [0.15, 0.2) is 5.78 Å². The standard InChI is InChI=1S/C33H36N2O4/c1-20-29(32(37)39-33(2)15-7-4-8-16-33)30(24-11-9-12-25-23(24)14-17-34-25)31-26(35-20)18-21(19-27(31)36)22-10-5-6-13-28(22)38-3/h5-6,9-14,17,21,30,34-35H,4,7-8,15-16,18-19H2,1-3H3/t21?,30-/m1/s1. The number of esters is 1. The number of hydrogen-bond donors (Lipinski definition) is 2. The van der Waals surface area contributed by atoms with Crippen molar-refractivity contribution in [2.24, 2.45) is 0 Å². The van der Waals surface area contributed by atoms with E-state index in [2.05, 4.69) is 10.3 Å². The van der Waals surface area contributed by atoms with Crippen molar-refractivity contribution in [3.63, 3.8) is 0 Å². The van der Waals surface area contributed by atoms with E-state index in [-0.39, 0.29) is 17.7 Å². The summed E-state index contributed by atoms with van der Waals surface area (Å²) in [6.45, 7) is 3.98. The van der Waals surface area contributed by atoms with Gasteiger partial charge in [0.2, 0.25) is 0 Å². The minimum absolute atomic E-state index is 0.00828. The first-order valence-corrected chi connectivity index (χ1v) is 14.0. The van der Waals surface area contributed by atoms with Crippen molar-refractivity contribution in [3.05, 3.63) is 88.4 Å². The first-order valence-electron chi connectivity index (χ1n) is 14.0. The summed E-state index contributed by atoms with van der Waals surface area (Å²) in [4.78, 5) is 31.4. The number of benzene rings is 2. The number of aromatic amines is 1. The molecular formula is C33H36N2O4. The molecule has 3 aromatic rings. The highest BCUT2D eigenvalue weighted by Gasteiger charge is 2.44. The Morgan fingerprint density at radius 1 is 0.974 bits per heavy atom. The van der Waals surface area contributed by atoms with E-state index in [0.717, 1.165) is 64.9 Å². The Morgan fingerprint density at radius 3 is 2.54 bits per heavy atom. The summed E-state index contributed by atoms with van der Waals surface area (Å²) in [7, 11) is 1.66. The SMILES string of the molecule is COc1ccccc1C1CC(=O)C2=C(C1)NC(C)=C(C(=O)OC1(C)CCCCC1)[C@H]2c1cccc2[nH]ccc12. The van der Waals surface area contributed by atoms with Crippen LogP contribution < -0.4 is 10.1 Å². The maximum atomic E-state index is 14.1. The molecule has 6 rings (SSSR count). The lowest BCUT2D eigenvalue weighted by Gasteiger charge is -2.39. The topological polar surface area (TPSA) is 80.4 Å². The second kappa shape index (κ2) is 10.1. The van der Waals surface area contributed by atoms with E-state index >= 15 is 0 Å². The molecule has 2 atom stereocenters. The molecule has 39 heavy (non-hydrogen) atoms. The molecule has 2 aromatic carbocycles. The summed E-state index contributed by atoms with van der Waals surface area (Å²) in [5, 5.41) is 4.51. The molecule has 0 radical (unpaired) electrons. The van der Waals surface area contributed by atoms with Crippen molar-refractivity contribution in [2.45, 2.75) is 76.2 Å². The number of H-pyrrole nitrogens is 1. The molecular weight excluding hydrogens is 488 g/mol. The first kappa shape index (κ1) is 25.5. The third-order valence-corrected chi connectivity index (χ3v) is 8.82. The van der Waals surface area contributed by atoms with Crippen molar-refractivity contribution in [3.8, 4) is 5.75 Å². The molecule has 0 amide bonds. The largest absolute Gasteiger partial charge is 0.496 e. The molecule has 0 spiro atoms. The average Bonchev–Trinajstić information content (AvgIpc) is 3.41. The van der Waals surface area contributed by atoms with Gasteiger partial charge in [-0.25, -0.2) is 4.79 Å². The molecule has 1 aliphatic heterocycles. The van der Waals surface area contributed by atoms with Crippen molar-refractivity contribution in [1.82, 2.24) is 10.3 Å². The molecule has 2 N–H and O–H groups in total. The van der Waals surface area contributed by atoms with Gasteiger partial charge in [-0.2, -0.15) is 0 Å². The average molecular weight is 525 g/mol. The summed E-state index contributed by atoms with van der Waals surface area (Å²) in [6, 6.07) is 16.0. The zero-order chi connectivity index (χ0) is 27.1. The molecule has 2 aliphatic carbocycles. The van der Waals surface area contributed by atoms with Crippen molar-refractivity contribution in [2.75, 3.05) is 7.11 Å². The fourth-order valence-electron chi connectivity index (χ4n) is 6.89. The zero-order valence-electron chi connectivity index (χ0n) is 22.9. The summed E-state index contributed by atoms with van der Waals surface area (Å²) < 4.78 is 11.9. The zero-order valence-corrected chi connectivity index (χ0v) is 22.9. The van der Waals surface area contributed by atoms with Crippen LogP contribution in [0, 0.1) is 0 Å². The minimum Gasteiger partial charge on any atom is -0.496 e. The number of carbonyl (C=O) groups is 2. The summed E-state index contributed by atoms with van der Waals surface area (Å²) >= 11 is 0. The smallest absolute Gasteiger partial charge is 0.337 e. The first-order chi connectivity index (χ1) is 18.9. The number of nitrogens with one attached hydrogen (secondary N) is 2. The number of allylic oxidation sites excluding steroid dienone is 3. The second-order valence-corrected chi connectivity index (χ2v) is 11.4. The number of Topliss-reactive ketones (excluding diaryl/α,β-unsaturated/α-hetero) is 1. The molecule has 6 nitrogen and oxygen atoms in total. The lowest BCUT2D eigenvalue weighted by molar-refractivity contribution is -0.156. The Labute approximate surface area is 229 Å². The van der Waals surface area contributed by atoms with Crippen LogP contribution in [-0.4, -0.2) is 29.4 Å². The maximum Gasteiger partial charge on any atom is 0.337 e. The number of ketones is 1. The Kier molecular flexibility index (Phi) is 6.57. The van der Waals surface area contributed by atoms with Crippen LogP contribution in [0.1, 0.15) is 81.8 Å². The van der Waals surface area contributed by atoms with Crippen LogP contribution in [0.3, 0.4) is 0 Å². The van der Waals surface area contributed by atoms with Crippen molar-refractivity contribution in [1.29, 1.82) is 0 Å². The van der Waals surface area contributed by atoms with Crippen molar-refractivity contribution >= 4 is 22.7 Å². The van der Waals surface area contributed by atoms with Crippen molar-refractivity contribution < 1.29 is 19.1 Å². The molecule has 1 fully saturated rings. The van der Waals surface area contributed by atoms with Crippen LogP contribution in [0.25, 0.3) is 10.9 Å². The van der Waals surface area contributed by atoms with Gasteiger partial charge >= 0.3 is 5.97 Å². The number of para-hydroxylation sites is 1. The highest BCUT2D eigenvalue weighted by Crippen LogP contribution is 2.48. The minimum atomic E-state index is -0.494. The van der Waals surface area contributed by atoms with Crippen LogP contribution >= 0.6 is 0 Å². The third-order valence-electron chi connectivity index (χ3n) is 8.82. The fourth-order valence-corrected chi connectivity index (χ4v) is 6.89. The molecule has 1 aromatic heterocycles. The van der Waals surface area contributed by atoms with E-state index in [1.807, 2.05) is 68.6 Å². The van der Waals surface area contributed by atoms with E-state index < -0.39 is 11.5 Å². The van der Waals surface area contributed by atoms with Gasteiger partial charge in [-0.15, -0.1) is 0 Å². The highest BCUT2D eigenvalue weighted by molar-refractivity contribution is 6.05. The Hall–Kier alpha value is -3.80. The van der Waals surface area contributed by atoms with Gasteiger partial charge in [-0.3, -0.25) is 4.79 Å². The number of carbonyl (C=O) groups excluding carboxylic acids is 2. The van der Waals surface area contributed by atoms with Gasteiger partial charge in [-0.1, -0.05) is 36.8 Å². The Balaban J connectivity index is 1.45. The third kappa shape index (κ3) is 4.56. The van der Waals surface area contributed by atoms with Crippen LogP contribution in [0.15, 0.2) is 77.3 Å². The van der Waals surface area contributed by atoms with E-state index in [1.165, 1.54) is 6.42 Å². The van der Waals surface area contributed by atoms with Gasteiger partial charge in [0.05, 0.1) is 12.7 Å². The van der Waals surface area contributed by atoms with Gasteiger partial charge in [-0.05, 0) is 75.3 Å². The summed E-state index contributed by atoms with van der Waals surface area (Å²) in [6.07, 6.45) is 7.95. The van der Waals surface area contributed by atoms with Gasteiger partial charge in [0, 0.05) is 52.3 Å².